The van der Waals surface area contributed by atoms with Gasteiger partial charge in [0.1, 0.15) is 24.2 Å². The molecule has 4 nitrogen and oxygen atoms in total. The van der Waals surface area contributed by atoms with Gasteiger partial charge in [-0.15, -0.1) is 0 Å². The van der Waals surface area contributed by atoms with Gasteiger partial charge in [-0.3, -0.25) is 4.79 Å². The Morgan fingerprint density at radius 1 is 1.53 bits per heavy atom. The fraction of sp³-hybridized carbons (Fsp3) is 0.417. The second kappa shape index (κ2) is 6.20. The van der Waals surface area contributed by atoms with Gasteiger partial charge in [-0.25, -0.2) is 4.39 Å². The summed E-state index contributed by atoms with van der Waals surface area (Å²) in [5, 5.41) is 2.76. The normalized spacial score (nSPS) is 12.0. The number of ether oxygens (including phenoxy) is 2. The molecule has 1 N–H and O–H groups in total. The summed E-state index contributed by atoms with van der Waals surface area (Å²) >= 11 is 0. The van der Waals surface area contributed by atoms with Crippen LogP contribution >= 0.6 is 0 Å². The lowest BCUT2D eigenvalue weighted by Gasteiger charge is -2.15. The molecule has 0 aliphatic carbocycles. The lowest BCUT2D eigenvalue weighted by atomic mass is 10.2. The van der Waals surface area contributed by atoms with Gasteiger partial charge in [-0.1, -0.05) is 6.07 Å². The number of benzene rings is 1. The highest BCUT2D eigenvalue weighted by atomic mass is 19.1. The van der Waals surface area contributed by atoms with E-state index in [2.05, 4.69) is 10.1 Å². The molecule has 0 aliphatic heterocycles. The number of nitrogens with one attached hydrogen (secondary N) is 1. The molecule has 0 bridgehead atoms. The number of halogens is 1. The van der Waals surface area contributed by atoms with Crippen molar-refractivity contribution in [1.82, 2.24) is 5.32 Å². The van der Waals surface area contributed by atoms with E-state index in [1.165, 1.54) is 19.2 Å². The molecule has 1 rings (SSSR count). The molecular formula is C12H16FNO3. The van der Waals surface area contributed by atoms with Crippen molar-refractivity contribution in [3.63, 3.8) is 0 Å². The molecule has 0 spiro atoms. The Bertz CT molecular complexity index is 395. The van der Waals surface area contributed by atoms with Crippen molar-refractivity contribution in [3.05, 3.63) is 29.6 Å². The maximum absolute atomic E-state index is 13.0. The van der Waals surface area contributed by atoms with Crippen molar-refractivity contribution in [2.45, 2.75) is 13.0 Å². The lowest BCUT2D eigenvalue weighted by Crippen LogP contribution is -2.40. The molecule has 5 heteroatoms. The molecule has 0 amide bonds. The lowest BCUT2D eigenvalue weighted by molar-refractivity contribution is -0.143. The first-order valence-corrected chi connectivity index (χ1v) is 5.22. The third-order valence-corrected chi connectivity index (χ3v) is 2.39. The molecular weight excluding hydrogens is 225 g/mol. The summed E-state index contributed by atoms with van der Waals surface area (Å²) in [6, 6.07) is 3.71. The van der Waals surface area contributed by atoms with Crippen molar-refractivity contribution >= 4 is 5.97 Å². The van der Waals surface area contributed by atoms with E-state index in [1.54, 1.807) is 20.0 Å². The zero-order chi connectivity index (χ0) is 12.8. The van der Waals surface area contributed by atoms with Gasteiger partial charge in [0, 0.05) is 6.07 Å². The SMILES string of the molecule is CNC(COc1cc(F)ccc1C)C(=O)OC. The van der Waals surface area contributed by atoms with Crippen LogP contribution in [0.3, 0.4) is 0 Å². The summed E-state index contributed by atoms with van der Waals surface area (Å²) in [5.41, 5.74) is 0.811. The fourth-order valence-electron chi connectivity index (χ4n) is 1.31. The standard InChI is InChI=1S/C12H16FNO3/c1-8-4-5-9(13)6-11(8)17-7-10(14-2)12(15)16-3/h4-6,10,14H,7H2,1-3H3. The predicted octanol–water partition coefficient (Wildman–Crippen LogP) is 1.27. The van der Waals surface area contributed by atoms with Crippen molar-refractivity contribution in [1.29, 1.82) is 0 Å². The molecule has 0 fully saturated rings. The first-order chi connectivity index (χ1) is 8.08. The number of hydrogen-bond acceptors (Lipinski definition) is 4. The highest BCUT2D eigenvalue weighted by Gasteiger charge is 2.17. The van der Waals surface area contributed by atoms with Gasteiger partial charge in [0.15, 0.2) is 0 Å². The molecule has 0 radical (unpaired) electrons. The third-order valence-electron chi connectivity index (χ3n) is 2.39. The van der Waals surface area contributed by atoms with Crippen molar-refractivity contribution in [2.75, 3.05) is 20.8 Å². The maximum Gasteiger partial charge on any atom is 0.326 e. The van der Waals surface area contributed by atoms with Crippen LogP contribution in [0.15, 0.2) is 18.2 Å². The van der Waals surface area contributed by atoms with Crippen LogP contribution in [0.25, 0.3) is 0 Å². The minimum atomic E-state index is -0.567. The molecule has 17 heavy (non-hydrogen) atoms. The minimum absolute atomic E-state index is 0.0907. The molecule has 0 aromatic heterocycles. The van der Waals surface area contributed by atoms with E-state index in [-0.39, 0.29) is 12.4 Å². The van der Waals surface area contributed by atoms with Crippen LogP contribution in [0, 0.1) is 12.7 Å². The van der Waals surface area contributed by atoms with E-state index in [9.17, 15) is 9.18 Å². The highest BCUT2D eigenvalue weighted by molar-refractivity contribution is 5.75. The summed E-state index contributed by atoms with van der Waals surface area (Å²) in [6.07, 6.45) is 0. The Balaban J connectivity index is 2.65. The molecule has 0 saturated heterocycles. The number of likely N-dealkylation sites (N-methyl/N-ethyl adjacent to an activating group) is 1. The van der Waals surface area contributed by atoms with Crippen LogP contribution in [-0.2, 0) is 9.53 Å². The van der Waals surface area contributed by atoms with E-state index >= 15 is 0 Å². The molecule has 1 aromatic rings. The molecule has 1 aromatic carbocycles. The monoisotopic (exact) mass is 241 g/mol. The summed E-state index contributed by atoms with van der Waals surface area (Å²) < 4.78 is 23.0. The van der Waals surface area contributed by atoms with E-state index in [1.807, 2.05) is 0 Å². The molecule has 94 valence electrons. The molecule has 1 unspecified atom stereocenters. The molecule has 0 aliphatic rings. The smallest absolute Gasteiger partial charge is 0.326 e. The number of esters is 1. The summed E-state index contributed by atoms with van der Waals surface area (Å²) in [6.45, 7) is 1.90. The first kappa shape index (κ1) is 13.4. The summed E-state index contributed by atoms with van der Waals surface area (Å²) in [7, 11) is 2.93. The number of rotatable bonds is 5. The number of carbonyl (C=O) groups is 1. The maximum atomic E-state index is 13.0. The topological polar surface area (TPSA) is 47.6 Å². The molecule has 0 saturated carbocycles. The predicted molar refractivity (Wildman–Crippen MR) is 61.5 cm³/mol. The first-order valence-electron chi connectivity index (χ1n) is 5.22. The Morgan fingerprint density at radius 2 is 2.24 bits per heavy atom. The van der Waals surface area contributed by atoms with Gasteiger partial charge in [0.25, 0.3) is 0 Å². The van der Waals surface area contributed by atoms with Gasteiger partial charge < -0.3 is 14.8 Å². The van der Waals surface area contributed by atoms with Crippen molar-refractivity contribution in [2.24, 2.45) is 0 Å². The van der Waals surface area contributed by atoms with E-state index in [0.717, 1.165) is 5.56 Å². The number of aryl methyl sites for hydroxylation is 1. The fourth-order valence-corrected chi connectivity index (χ4v) is 1.31. The summed E-state index contributed by atoms with van der Waals surface area (Å²) in [4.78, 5) is 11.3. The Kier molecular flexibility index (Phi) is 4.90. The average molecular weight is 241 g/mol. The quantitative estimate of drug-likeness (QED) is 0.789. The van der Waals surface area contributed by atoms with Gasteiger partial charge in [-0.2, -0.15) is 0 Å². The van der Waals surface area contributed by atoms with Crippen LogP contribution in [0.4, 0.5) is 4.39 Å². The van der Waals surface area contributed by atoms with Gasteiger partial charge >= 0.3 is 5.97 Å². The van der Waals surface area contributed by atoms with Crippen LogP contribution in [0.1, 0.15) is 5.56 Å². The van der Waals surface area contributed by atoms with E-state index in [0.29, 0.717) is 5.75 Å². The molecule has 0 heterocycles. The number of methoxy groups -OCH3 is 1. The van der Waals surface area contributed by atoms with Gasteiger partial charge in [0.2, 0.25) is 0 Å². The Labute approximate surface area is 99.7 Å². The van der Waals surface area contributed by atoms with Crippen LogP contribution in [-0.4, -0.2) is 32.8 Å². The van der Waals surface area contributed by atoms with Crippen LogP contribution in [0.5, 0.6) is 5.75 Å². The van der Waals surface area contributed by atoms with Gasteiger partial charge in [-0.05, 0) is 25.6 Å². The highest BCUT2D eigenvalue weighted by Crippen LogP contribution is 2.18. The number of carbonyl (C=O) groups excluding carboxylic acids is 1. The second-order valence-electron chi connectivity index (χ2n) is 3.59. The second-order valence-corrected chi connectivity index (χ2v) is 3.59. The Hall–Kier alpha value is -1.62. The third kappa shape index (κ3) is 3.71. The van der Waals surface area contributed by atoms with E-state index in [4.69, 9.17) is 4.74 Å². The largest absolute Gasteiger partial charge is 0.491 e. The van der Waals surface area contributed by atoms with Gasteiger partial charge in [0.05, 0.1) is 7.11 Å². The van der Waals surface area contributed by atoms with E-state index < -0.39 is 12.0 Å². The average Bonchev–Trinajstić information content (AvgIpc) is 2.33. The Morgan fingerprint density at radius 3 is 2.82 bits per heavy atom. The zero-order valence-corrected chi connectivity index (χ0v) is 10.1. The van der Waals surface area contributed by atoms with Crippen LogP contribution in [0.2, 0.25) is 0 Å². The van der Waals surface area contributed by atoms with Crippen LogP contribution < -0.4 is 10.1 Å². The molecule has 1 atom stereocenters. The summed E-state index contributed by atoms with van der Waals surface area (Å²) in [5.74, 6) is -0.361. The van der Waals surface area contributed by atoms with Crippen molar-refractivity contribution in [3.8, 4) is 5.75 Å². The number of hydrogen-bond donors (Lipinski definition) is 1. The minimum Gasteiger partial charge on any atom is -0.491 e. The van der Waals surface area contributed by atoms with Crippen molar-refractivity contribution < 1.29 is 18.7 Å². The zero-order valence-electron chi connectivity index (χ0n) is 10.1.